The molecule has 1 fully saturated rings. The van der Waals surface area contributed by atoms with Gasteiger partial charge in [0, 0.05) is 39.3 Å². The monoisotopic (exact) mass is 305 g/mol. The molecule has 8 heteroatoms. The topological polar surface area (TPSA) is 52.7 Å². The van der Waals surface area contributed by atoms with Crippen molar-refractivity contribution in [2.45, 2.75) is 12.5 Å². The van der Waals surface area contributed by atoms with Crippen molar-refractivity contribution in [1.29, 1.82) is 0 Å². The first kappa shape index (κ1) is 15.1. The summed E-state index contributed by atoms with van der Waals surface area (Å²) >= 11 is 0. The third kappa shape index (κ3) is 3.25. The lowest BCUT2D eigenvalue weighted by Gasteiger charge is -2.20. The Hall–Kier alpha value is -1.25. The molecule has 1 aliphatic rings. The van der Waals surface area contributed by atoms with Gasteiger partial charge in [-0.1, -0.05) is 0 Å². The minimum Gasteiger partial charge on any atom is -0.368 e. The predicted octanol–water partition coefficient (Wildman–Crippen LogP) is 0.940. The summed E-state index contributed by atoms with van der Waals surface area (Å²) in [5.41, 5.74) is 0.290. The van der Waals surface area contributed by atoms with E-state index in [2.05, 4.69) is 4.72 Å². The minimum atomic E-state index is -3.50. The van der Waals surface area contributed by atoms with Crippen LogP contribution in [0.25, 0.3) is 0 Å². The Labute approximate surface area is 117 Å². The normalized spacial score (nSPS) is 19.9. The van der Waals surface area contributed by atoms with Crippen LogP contribution < -0.4 is 9.62 Å². The summed E-state index contributed by atoms with van der Waals surface area (Å²) in [5.74, 6) is -1.27. The number of nitrogens with one attached hydrogen (secondary N) is 1. The van der Waals surface area contributed by atoms with Crippen molar-refractivity contribution >= 4 is 15.9 Å². The van der Waals surface area contributed by atoms with Crippen molar-refractivity contribution in [1.82, 2.24) is 9.03 Å². The lowest BCUT2D eigenvalue weighted by Crippen LogP contribution is -2.43. The van der Waals surface area contributed by atoms with Crippen LogP contribution in [0.5, 0.6) is 0 Å². The molecule has 5 nitrogen and oxygen atoms in total. The molecule has 0 unspecified atom stereocenters. The zero-order valence-corrected chi connectivity index (χ0v) is 12.1. The largest absolute Gasteiger partial charge is 0.368 e. The van der Waals surface area contributed by atoms with E-state index in [0.717, 1.165) is 10.4 Å². The molecular weight excluding hydrogens is 288 g/mol. The highest BCUT2D eigenvalue weighted by atomic mass is 32.2. The molecule has 0 bridgehead atoms. The van der Waals surface area contributed by atoms with Crippen LogP contribution in [0.4, 0.5) is 14.5 Å². The van der Waals surface area contributed by atoms with Crippen LogP contribution >= 0.6 is 0 Å². The van der Waals surface area contributed by atoms with Crippen LogP contribution in [0.2, 0.25) is 0 Å². The SMILES string of the molecule is CN(C)S(=O)(=O)N[C@@H]1CCN(c2ccc(F)cc2F)C1. The molecule has 112 valence electrons. The zero-order valence-electron chi connectivity index (χ0n) is 11.3. The van der Waals surface area contributed by atoms with Gasteiger partial charge in [-0.05, 0) is 18.6 Å². The molecule has 0 spiro atoms. The molecule has 0 aliphatic carbocycles. The van der Waals surface area contributed by atoms with E-state index in [1.54, 1.807) is 4.90 Å². The Kier molecular flexibility index (Phi) is 4.26. The third-order valence-corrected chi connectivity index (χ3v) is 4.83. The number of nitrogens with zero attached hydrogens (tertiary/aromatic N) is 2. The molecule has 0 aromatic heterocycles. The lowest BCUT2D eigenvalue weighted by atomic mass is 10.2. The highest BCUT2D eigenvalue weighted by Crippen LogP contribution is 2.24. The van der Waals surface area contributed by atoms with Crippen molar-refractivity contribution in [3.05, 3.63) is 29.8 Å². The molecule has 1 N–H and O–H groups in total. The van der Waals surface area contributed by atoms with Gasteiger partial charge in [-0.2, -0.15) is 17.4 Å². The second-order valence-electron chi connectivity index (χ2n) is 4.93. The Bertz CT molecular complexity index is 592. The predicted molar refractivity (Wildman–Crippen MR) is 72.7 cm³/mol. The van der Waals surface area contributed by atoms with E-state index >= 15 is 0 Å². The first-order valence-corrected chi connectivity index (χ1v) is 7.63. The highest BCUT2D eigenvalue weighted by molar-refractivity contribution is 7.87. The second-order valence-corrected chi connectivity index (χ2v) is 6.85. The average Bonchev–Trinajstić information content (AvgIpc) is 2.76. The van der Waals surface area contributed by atoms with Gasteiger partial charge in [0.25, 0.3) is 10.2 Å². The van der Waals surface area contributed by atoms with Crippen molar-refractivity contribution in [3.8, 4) is 0 Å². The maximum absolute atomic E-state index is 13.7. The van der Waals surface area contributed by atoms with E-state index in [-0.39, 0.29) is 11.7 Å². The summed E-state index contributed by atoms with van der Waals surface area (Å²) in [7, 11) is -0.623. The molecule has 1 aromatic carbocycles. The van der Waals surface area contributed by atoms with Crippen molar-refractivity contribution in [2.75, 3.05) is 32.1 Å². The van der Waals surface area contributed by atoms with E-state index in [4.69, 9.17) is 0 Å². The summed E-state index contributed by atoms with van der Waals surface area (Å²) in [6, 6.07) is 3.10. The molecule has 0 saturated carbocycles. The first-order valence-electron chi connectivity index (χ1n) is 6.19. The fourth-order valence-electron chi connectivity index (χ4n) is 2.13. The van der Waals surface area contributed by atoms with Crippen molar-refractivity contribution in [3.63, 3.8) is 0 Å². The average molecular weight is 305 g/mol. The van der Waals surface area contributed by atoms with Gasteiger partial charge in [-0.3, -0.25) is 0 Å². The maximum Gasteiger partial charge on any atom is 0.279 e. The lowest BCUT2D eigenvalue weighted by molar-refractivity contribution is 0.491. The molecule has 0 radical (unpaired) electrons. The molecule has 1 atom stereocenters. The van der Waals surface area contributed by atoms with E-state index in [1.807, 2.05) is 0 Å². The number of hydrogen-bond donors (Lipinski definition) is 1. The molecule has 20 heavy (non-hydrogen) atoms. The Balaban J connectivity index is 2.06. The van der Waals surface area contributed by atoms with Gasteiger partial charge < -0.3 is 4.90 Å². The summed E-state index contributed by atoms with van der Waals surface area (Å²) in [4.78, 5) is 1.71. The van der Waals surface area contributed by atoms with Gasteiger partial charge in [-0.15, -0.1) is 0 Å². The molecule has 1 aromatic rings. The molecule has 0 amide bonds. The quantitative estimate of drug-likeness (QED) is 0.901. The highest BCUT2D eigenvalue weighted by Gasteiger charge is 2.28. The van der Waals surface area contributed by atoms with Crippen LogP contribution in [-0.2, 0) is 10.2 Å². The Morgan fingerprint density at radius 2 is 2.05 bits per heavy atom. The van der Waals surface area contributed by atoms with Gasteiger partial charge in [-0.25, -0.2) is 8.78 Å². The summed E-state index contributed by atoms with van der Waals surface area (Å²) in [5, 5.41) is 0. The van der Waals surface area contributed by atoms with Gasteiger partial charge in [0.05, 0.1) is 5.69 Å². The van der Waals surface area contributed by atoms with Crippen LogP contribution in [0.15, 0.2) is 18.2 Å². The van der Waals surface area contributed by atoms with Crippen molar-refractivity contribution in [2.24, 2.45) is 0 Å². The molecule has 2 rings (SSSR count). The maximum atomic E-state index is 13.7. The third-order valence-electron chi connectivity index (χ3n) is 3.23. The fraction of sp³-hybridized carbons (Fsp3) is 0.500. The number of anilines is 1. The number of rotatable bonds is 4. The van der Waals surface area contributed by atoms with Gasteiger partial charge >= 0.3 is 0 Å². The van der Waals surface area contributed by atoms with E-state index < -0.39 is 21.8 Å². The summed E-state index contributed by atoms with van der Waals surface area (Å²) in [6.07, 6.45) is 0.573. The van der Waals surface area contributed by atoms with E-state index in [9.17, 15) is 17.2 Å². The Morgan fingerprint density at radius 1 is 1.35 bits per heavy atom. The van der Waals surface area contributed by atoms with Gasteiger partial charge in [0.15, 0.2) is 0 Å². The van der Waals surface area contributed by atoms with E-state index in [1.165, 1.54) is 26.2 Å². The van der Waals surface area contributed by atoms with Crippen molar-refractivity contribution < 1.29 is 17.2 Å². The van der Waals surface area contributed by atoms with E-state index in [0.29, 0.717) is 19.5 Å². The van der Waals surface area contributed by atoms with Gasteiger partial charge in [0.1, 0.15) is 11.6 Å². The van der Waals surface area contributed by atoms with Crippen LogP contribution in [0.3, 0.4) is 0 Å². The number of halogens is 2. The fourth-order valence-corrected chi connectivity index (χ4v) is 2.95. The Morgan fingerprint density at radius 3 is 2.65 bits per heavy atom. The smallest absolute Gasteiger partial charge is 0.279 e. The summed E-state index contributed by atoms with van der Waals surface area (Å²) in [6.45, 7) is 0.874. The number of benzene rings is 1. The molecular formula is C12H17F2N3O2S. The van der Waals surface area contributed by atoms with Gasteiger partial charge in [0.2, 0.25) is 0 Å². The van der Waals surface area contributed by atoms with Crippen LogP contribution in [0, 0.1) is 11.6 Å². The molecule has 1 aliphatic heterocycles. The van der Waals surface area contributed by atoms with Crippen LogP contribution in [0.1, 0.15) is 6.42 Å². The second kappa shape index (κ2) is 5.63. The first-order chi connectivity index (χ1) is 9.29. The zero-order chi connectivity index (χ0) is 14.9. The summed E-state index contributed by atoms with van der Waals surface area (Å²) < 4.78 is 53.6. The molecule has 1 saturated heterocycles. The standard InChI is InChI=1S/C12H17F2N3O2S/c1-16(2)20(18,19)15-10-5-6-17(8-10)12-4-3-9(13)7-11(12)14/h3-4,7,10,15H,5-6,8H2,1-2H3/t10-/m1/s1. The van der Waals surface area contributed by atoms with Crippen LogP contribution in [-0.4, -0.2) is 45.9 Å². The molecule has 1 heterocycles. The minimum absolute atomic E-state index is 0.285. The number of hydrogen-bond acceptors (Lipinski definition) is 3.